The van der Waals surface area contributed by atoms with E-state index in [0.717, 1.165) is 83.9 Å². The average Bonchev–Trinajstić information content (AvgIpc) is 4.06. The van der Waals surface area contributed by atoms with Gasteiger partial charge in [-0.2, -0.15) is 0 Å². The van der Waals surface area contributed by atoms with E-state index in [0.29, 0.717) is 31.7 Å². The zero-order valence-corrected chi connectivity index (χ0v) is 32.1. The molecule has 2 saturated carbocycles. The van der Waals surface area contributed by atoms with Crippen LogP contribution in [0.1, 0.15) is 74.8 Å². The first-order valence-electron chi connectivity index (χ1n) is 20.1. The van der Waals surface area contributed by atoms with Gasteiger partial charge in [0.1, 0.15) is 31.3 Å². The Bertz CT molecular complexity index is 1900. The summed E-state index contributed by atoms with van der Waals surface area (Å²) >= 11 is 0. The van der Waals surface area contributed by atoms with Gasteiger partial charge in [0.05, 0.1) is 18.2 Å². The van der Waals surface area contributed by atoms with Crippen molar-refractivity contribution >= 4 is 22.4 Å². The number of benzene rings is 3. The van der Waals surface area contributed by atoms with Crippen LogP contribution in [0.25, 0.3) is 10.8 Å². The predicted octanol–water partition coefficient (Wildman–Crippen LogP) is 8.11. The van der Waals surface area contributed by atoms with Crippen LogP contribution < -0.4 is 9.47 Å². The van der Waals surface area contributed by atoms with Crippen LogP contribution in [0.2, 0.25) is 0 Å². The molecular formula is C46H56N2O7. The van der Waals surface area contributed by atoms with Crippen molar-refractivity contribution in [1.82, 2.24) is 4.90 Å². The fourth-order valence-electron chi connectivity index (χ4n) is 9.52. The van der Waals surface area contributed by atoms with Crippen molar-refractivity contribution < 1.29 is 34.1 Å². The molecule has 6 atom stereocenters. The molecule has 1 aliphatic heterocycles. The molecule has 9 nitrogen and oxygen atoms in total. The fraction of sp³-hybridized carbons (Fsp3) is 0.478. The van der Waals surface area contributed by atoms with Gasteiger partial charge in [0.15, 0.2) is 0 Å². The molecule has 55 heavy (non-hydrogen) atoms. The normalized spacial score (nSPS) is 26.0. The first-order chi connectivity index (χ1) is 27.0. The summed E-state index contributed by atoms with van der Waals surface area (Å²) in [5.41, 5.74) is 3.90. The summed E-state index contributed by atoms with van der Waals surface area (Å²) in [6.07, 6.45) is 12.8. The maximum Gasteiger partial charge on any atom is 0.239 e. The first-order valence-corrected chi connectivity index (χ1v) is 20.1. The number of aliphatic hydroxyl groups excluding tert-OH is 2. The molecule has 292 valence electrons. The van der Waals surface area contributed by atoms with Gasteiger partial charge in [-0.1, -0.05) is 85.3 Å². The molecule has 4 aliphatic rings. The summed E-state index contributed by atoms with van der Waals surface area (Å²) < 4.78 is 20.6. The van der Waals surface area contributed by atoms with E-state index in [1.165, 1.54) is 0 Å². The Morgan fingerprint density at radius 1 is 0.982 bits per heavy atom. The molecule has 1 amide bonds. The first kappa shape index (κ1) is 38.8. The number of allylic oxidation sites excluding steroid dienone is 1. The van der Waals surface area contributed by atoms with E-state index in [2.05, 4.69) is 55.6 Å². The van der Waals surface area contributed by atoms with Gasteiger partial charge < -0.3 is 34.2 Å². The van der Waals surface area contributed by atoms with Gasteiger partial charge in [0.2, 0.25) is 11.7 Å². The Hall–Kier alpha value is -4.44. The summed E-state index contributed by atoms with van der Waals surface area (Å²) in [6.45, 7) is 9.15. The third kappa shape index (κ3) is 7.84. The standard InChI is InChI=1S/C46H56N2O7/c1-4-25-53-35-21-22-41-39(28-35)43-37(18-9-11-24-50)33(14-8-10-23-49)27-38-40(47-52-3)29-42(46(55-41,44(38)43)54-26-5-2)48(45(51)32-19-20-32)30-34-16-12-15-31-13-6-7-17-36(31)34/h4-7,12-13,15-17,21-22,27-28,32-33,37,42-44,49-50H,1-2,8-11,14,18-20,23-26,29-30H2,3H3/t33-,37+,42-,43+,44+,46+/m0/s1. The molecule has 0 unspecified atom stereocenters. The molecule has 0 aromatic heterocycles. The Kier molecular flexibility index (Phi) is 12.4. The number of carbonyl (C=O) groups excluding carboxylic acids is 1. The number of hydrogen-bond acceptors (Lipinski definition) is 8. The minimum absolute atomic E-state index is 0.0593. The smallest absolute Gasteiger partial charge is 0.239 e. The van der Waals surface area contributed by atoms with Gasteiger partial charge in [-0.25, -0.2) is 0 Å². The zero-order valence-electron chi connectivity index (χ0n) is 32.1. The van der Waals surface area contributed by atoms with E-state index >= 15 is 0 Å². The second-order valence-electron chi connectivity index (χ2n) is 15.4. The predicted molar refractivity (Wildman–Crippen MR) is 215 cm³/mol. The van der Waals surface area contributed by atoms with E-state index in [1.54, 1.807) is 19.3 Å². The van der Waals surface area contributed by atoms with Gasteiger partial charge in [-0.3, -0.25) is 4.79 Å². The van der Waals surface area contributed by atoms with E-state index in [9.17, 15) is 15.0 Å². The van der Waals surface area contributed by atoms with Crippen LogP contribution in [0, 0.1) is 23.7 Å². The maximum atomic E-state index is 14.8. The van der Waals surface area contributed by atoms with E-state index in [1.807, 2.05) is 29.2 Å². The van der Waals surface area contributed by atoms with Crippen molar-refractivity contribution in [3.8, 4) is 11.5 Å². The van der Waals surface area contributed by atoms with Crippen LogP contribution in [0.4, 0.5) is 0 Å². The van der Waals surface area contributed by atoms with Crippen molar-refractivity contribution in [1.29, 1.82) is 0 Å². The third-order valence-corrected chi connectivity index (χ3v) is 12.0. The van der Waals surface area contributed by atoms with Crippen LogP contribution in [0.15, 0.2) is 103 Å². The van der Waals surface area contributed by atoms with Crippen molar-refractivity contribution in [3.63, 3.8) is 0 Å². The minimum atomic E-state index is -1.30. The molecular weight excluding hydrogens is 693 g/mol. The van der Waals surface area contributed by atoms with Gasteiger partial charge in [0.25, 0.3) is 0 Å². The van der Waals surface area contributed by atoms with Crippen molar-refractivity contribution in [2.45, 2.75) is 82.1 Å². The molecule has 3 aromatic carbocycles. The lowest BCUT2D eigenvalue weighted by Crippen LogP contribution is -2.70. The second-order valence-corrected chi connectivity index (χ2v) is 15.4. The summed E-state index contributed by atoms with van der Waals surface area (Å²) in [6, 6.07) is 20.1. The van der Waals surface area contributed by atoms with Gasteiger partial charge >= 0.3 is 0 Å². The van der Waals surface area contributed by atoms with E-state index in [-0.39, 0.29) is 55.3 Å². The average molecular weight is 749 g/mol. The monoisotopic (exact) mass is 748 g/mol. The lowest BCUT2D eigenvalue weighted by molar-refractivity contribution is -0.258. The highest BCUT2D eigenvalue weighted by molar-refractivity contribution is 6.03. The third-order valence-electron chi connectivity index (χ3n) is 12.0. The van der Waals surface area contributed by atoms with Gasteiger partial charge in [0, 0.05) is 43.6 Å². The SMILES string of the molecule is C=CCOc1ccc2c(c1)[C@H]1[C@H](CCCCO)[C@@H](CCCCO)C=C3C(=NOC)C[C@H](N(Cc4cccc5ccccc45)C(=O)C4CC4)[C@@](OCC=C)(O2)[C@H]31. The molecule has 2 N–H and O–H groups in total. The van der Waals surface area contributed by atoms with Crippen LogP contribution in [0.3, 0.4) is 0 Å². The molecule has 0 saturated heterocycles. The second kappa shape index (κ2) is 17.6. The van der Waals surface area contributed by atoms with Crippen LogP contribution >= 0.6 is 0 Å². The number of fused-ring (bicyclic) bond motifs is 3. The number of rotatable bonds is 19. The van der Waals surface area contributed by atoms with Crippen LogP contribution in [-0.4, -0.2) is 72.1 Å². The highest BCUT2D eigenvalue weighted by Gasteiger charge is 2.66. The number of carbonyl (C=O) groups is 1. The lowest BCUT2D eigenvalue weighted by atomic mass is 9.55. The highest BCUT2D eigenvalue weighted by atomic mass is 16.7. The molecule has 3 aliphatic carbocycles. The molecule has 9 heteroatoms. The maximum absolute atomic E-state index is 14.8. The summed E-state index contributed by atoms with van der Waals surface area (Å²) in [5, 5.41) is 26.7. The largest absolute Gasteiger partial charge is 0.490 e. The Balaban J connectivity index is 1.45. The van der Waals surface area contributed by atoms with Crippen molar-refractivity contribution in [3.05, 3.63) is 109 Å². The van der Waals surface area contributed by atoms with Gasteiger partial charge in [-0.05, 0) is 90.5 Å². The number of nitrogens with zero attached hydrogens (tertiary/aromatic N) is 2. The quantitative estimate of drug-likeness (QED) is 0.0725. The Morgan fingerprint density at radius 3 is 2.49 bits per heavy atom. The number of ether oxygens (including phenoxy) is 3. The van der Waals surface area contributed by atoms with Crippen LogP contribution in [-0.2, 0) is 20.9 Å². The number of aliphatic hydroxyl groups is 2. The number of unbranched alkanes of at least 4 members (excludes halogenated alkanes) is 2. The molecule has 0 bridgehead atoms. The van der Waals surface area contributed by atoms with E-state index < -0.39 is 11.8 Å². The van der Waals surface area contributed by atoms with Crippen LogP contribution in [0.5, 0.6) is 11.5 Å². The summed E-state index contributed by atoms with van der Waals surface area (Å²) in [5.74, 6) is -0.0123. The van der Waals surface area contributed by atoms with Crippen molar-refractivity contribution in [2.75, 3.05) is 33.5 Å². The Labute approximate surface area is 325 Å². The minimum Gasteiger partial charge on any atom is -0.490 e. The van der Waals surface area contributed by atoms with Crippen molar-refractivity contribution in [2.24, 2.45) is 28.8 Å². The molecule has 7 rings (SSSR count). The molecule has 0 radical (unpaired) electrons. The molecule has 2 fully saturated rings. The molecule has 3 aromatic rings. The van der Waals surface area contributed by atoms with Gasteiger partial charge in [-0.15, -0.1) is 6.58 Å². The highest BCUT2D eigenvalue weighted by Crippen LogP contribution is 2.62. The molecule has 1 heterocycles. The summed E-state index contributed by atoms with van der Waals surface area (Å²) in [4.78, 5) is 22.5. The summed E-state index contributed by atoms with van der Waals surface area (Å²) in [7, 11) is 1.58. The Morgan fingerprint density at radius 2 is 1.75 bits per heavy atom. The number of amides is 1. The zero-order chi connectivity index (χ0) is 38.4. The van der Waals surface area contributed by atoms with E-state index in [4.69, 9.17) is 24.2 Å². The number of hydrogen-bond donors (Lipinski definition) is 2. The lowest BCUT2D eigenvalue weighted by Gasteiger charge is -2.60. The fourth-order valence-corrected chi connectivity index (χ4v) is 9.52. The topological polar surface area (TPSA) is 110 Å². The number of oxime groups is 1. The molecule has 0 spiro atoms.